The Kier molecular flexibility index (Phi) is 6.94. The van der Waals surface area contributed by atoms with Crippen molar-refractivity contribution in [2.45, 2.75) is 19.4 Å². The van der Waals surface area contributed by atoms with Gasteiger partial charge in [-0.05, 0) is 24.5 Å². The summed E-state index contributed by atoms with van der Waals surface area (Å²) in [6.45, 7) is 4.01. The summed E-state index contributed by atoms with van der Waals surface area (Å²) < 4.78 is 21.5. The summed E-state index contributed by atoms with van der Waals surface area (Å²) in [4.78, 5) is 34.3. The molecular formula is C23H27N3O6S. The normalized spacial score (nSPS) is 20.2. The van der Waals surface area contributed by atoms with Crippen LogP contribution in [0.3, 0.4) is 0 Å². The molecule has 1 aromatic rings. The van der Waals surface area contributed by atoms with Crippen molar-refractivity contribution in [1.82, 2.24) is 9.80 Å². The van der Waals surface area contributed by atoms with Gasteiger partial charge in [0.25, 0.3) is 0 Å². The van der Waals surface area contributed by atoms with E-state index in [1.54, 1.807) is 32.1 Å². The SMILES string of the molecule is COC(=O)C1=C(C)N=C2SC=C(CC(=O)N3CCOCC3)N2[C@@H]1c1ccc(OC)cc1OC. The molecule has 1 fully saturated rings. The Hall–Kier alpha value is -2.98. The fraction of sp³-hybridized carbons (Fsp3) is 0.435. The summed E-state index contributed by atoms with van der Waals surface area (Å²) in [6, 6.07) is 4.89. The van der Waals surface area contributed by atoms with Crippen LogP contribution >= 0.6 is 11.8 Å². The number of methoxy groups -OCH3 is 3. The van der Waals surface area contributed by atoms with E-state index in [1.807, 2.05) is 22.4 Å². The van der Waals surface area contributed by atoms with Crippen LogP contribution in [0.15, 0.2) is 45.6 Å². The second-order valence-corrected chi connectivity index (χ2v) is 8.50. The average Bonchev–Trinajstić information content (AvgIpc) is 3.24. The molecule has 3 aliphatic heterocycles. The van der Waals surface area contributed by atoms with Crippen LogP contribution in [0.5, 0.6) is 11.5 Å². The highest BCUT2D eigenvalue weighted by atomic mass is 32.2. The first kappa shape index (κ1) is 23.2. The molecule has 1 amide bonds. The minimum absolute atomic E-state index is 0.0118. The molecule has 1 atom stereocenters. The van der Waals surface area contributed by atoms with Gasteiger partial charge in [-0.15, -0.1) is 0 Å². The third-order valence-electron chi connectivity index (χ3n) is 5.84. The summed E-state index contributed by atoms with van der Waals surface area (Å²) in [5.41, 5.74) is 2.49. The van der Waals surface area contributed by atoms with Crippen LogP contribution in [-0.4, -0.2) is 74.5 Å². The van der Waals surface area contributed by atoms with E-state index in [1.165, 1.54) is 18.9 Å². The third-order valence-corrected chi connectivity index (χ3v) is 6.73. The number of hydrogen-bond donors (Lipinski definition) is 0. The van der Waals surface area contributed by atoms with E-state index in [-0.39, 0.29) is 12.3 Å². The minimum Gasteiger partial charge on any atom is -0.497 e. The molecule has 9 nitrogen and oxygen atoms in total. The first-order chi connectivity index (χ1) is 16.0. The van der Waals surface area contributed by atoms with E-state index in [2.05, 4.69) is 4.99 Å². The number of allylic oxidation sites excluding steroid dienone is 1. The quantitative estimate of drug-likeness (QED) is 0.583. The van der Waals surface area contributed by atoms with Gasteiger partial charge in [-0.3, -0.25) is 4.79 Å². The van der Waals surface area contributed by atoms with Crippen molar-refractivity contribution in [2.24, 2.45) is 4.99 Å². The molecule has 0 aromatic heterocycles. The van der Waals surface area contributed by atoms with Crippen molar-refractivity contribution in [3.63, 3.8) is 0 Å². The lowest BCUT2D eigenvalue weighted by Crippen LogP contribution is -2.42. The smallest absolute Gasteiger partial charge is 0.338 e. The molecule has 0 bridgehead atoms. The zero-order chi connectivity index (χ0) is 23.5. The summed E-state index contributed by atoms with van der Waals surface area (Å²) in [5, 5.41) is 2.63. The fourth-order valence-corrected chi connectivity index (χ4v) is 5.12. The number of esters is 1. The van der Waals surface area contributed by atoms with E-state index in [0.717, 1.165) is 11.3 Å². The standard InChI is InChI=1S/C23H27N3O6S/c1-14-20(22(28)31-4)21(17-6-5-16(29-2)12-18(17)30-3)26-15(13-33-23(26)24-14)11-19(27)25-7-9-32-10-8-25/h5-6,12-13,21H,7-11H2,1-4H3/t21-/m1/s1. The van der Waals surface area contributed by atoms with Crippen LogP contribution < -0.4 is 9.47 Å². The highest BCUT2D eigenvalue weighted by Crippen LogP contribution is 2.47. The van der Waals surface area contributed by atoms with Gasteiger partial charge in [0.15, 0.2) is 5.17 Å². The number of thioether (sulfide) groups is 1. The molecule has 0 radical (unpaired) electrons. The van der Waals surface area contributed by atoms with Gasteiger partial charge in [0.2, 0.25) is 5.91 Å². The number of morpholine rings is 1. The van der Waals surface area contributed by atoms with Crippen LogP contribution in [-0.2, 0) is 19.1 Å². The lowest BCUT2D eigenvalue weighted by Gasteiger charge is -2.37. The van der Waals surface area contributed by atoms with E-state index >= 15 is 0 Å². The van der Waals surface area contributed by atoms with Gasteiger partial charge in [0, 0.05) is 30.4 Å². The van der Waals surface area contributed by atoms with Gasteiger partial charge < -0.3 is 28.7 Å². The number of fused-ring (bicyclic) bond motifs is 1. The Morgan fingerprint density at radius 2 is 1.94 bits per heavy atom. The Labute approximate surface area is 197 Å². The molecule has 10 heteroatoms. The number of hydrogen-bond acceptors (Lipinski definition) is 9. The first-order valence-electron chi connectivity index (χ1n) is 10.6. The van der Waals surface area contributed by atoms with E-state index in [4.69, 9.17) is 18.9 Å². The summed E-state index contributed by atoms with van der Waals surface area (Å²) in [7, 11) is 4.50. The molecule has 3 aliphatic rings. The number of nitrogens with zero attached hydrogens (tertiary/aromatic N) is 3. The van der Waals surface area contributed by atoms with Crippen LogP contribution in [0, 0.1) is 0 Å². The van der Waals surface area contributed by atoms with Crippen LogP contribution in [0.2, 0.25) is 0 Å². The largest absolute Gasteiger partial charge is 0.497 e. The fourth-order valence-electron chi connectivity index (χ4n) is 4.16. The highest BCUT2D eigenvalue weighted by molar-refractivity contribution is 8.16. The van der Waals surface area contributed by atoms with E-state index in [0.29, 0.717) is 54.2 Å². The van der Waals surface area contributed by atoms with Crippen molar-refractivity contribution in [1.29, 1.82) is 0 Å². The Balaban J connectivity index is 1.75. The molecule has 1 aromatic carbocycles. The molecule has 4 rings (SSSR count). The predicted octanol–water partition coefficient (Wildman–Crippen LogP) is 2.70. The highest BCUT2D eigenvalue weighted by Gasteiger charge is 2.42. The topological polar surface area (TPSA) is 89.9 Å². The molecule has 0 aliphatic carbocycles. The maximum absolute atomic E-state index is 13.0. The lowest BCUT2D eigenvalue weighted by molar-refractivity contribution is -0.136. The molecule has 0 saturated carbocycles. The maximum atomic E-state index is 13.0. The summed E-state index contributed by atoms with van der Waals surface area (Å²) in [5.74, 6) is 0.729. The minimum atomic E-state index is -0.565. The second-order valence-electron chi connectivity index (χ2n) is 7.66. The van der Waals surface area contributed by atoms with Gasteiger partial charge in [-0.2, -0.15) is 0 Å². The van der Waals surface area contributed by atoms with Crippen molar-refractivity contribution in [3.05, 3.63) is 46.1 Å². The van der Waals surface area contributed by atoms with Gasteiger partial charge >= 0.3 is 5.97 Å². The van der Waals surface area contributed by atoms with Crippen LogP contribution in [0.25, 0.3) is 0 Å². The van der Waals surface area contributed by atoms with Gasteiger partial charge in [0.05, 0.1) is 58.3 Å². The van der Waals surface area contributed by atoms with E-state index in [9.17, 15) is 9.59 Å². The third kappa shape index (κ3) is 4.45. The van der Waals surface area contributed by atoms with Gasteiger partial charge in [-0.1, -0.05) is 11.8 Å². The Morgan fingerprint density at radius 3 is 2.61 bits per heavy atom. The van der Waals surface area contributed by atoms with Crippen molar-refractivity contribution in [3.8, 4) is 11.5 Å². The first-order valence-corrected chi connectivity index (χ1v) is 11.5. The molecule has 3 heterocycles. The van der Waals surface area contributed by atoms with Crippen molar-refractivity contribution in [2.75, 3.05) is 47.6 Å². The van der Waals surface area contributed by atoms with Gasteiger partial charge in [-0.25, -0.2) is 9.79 Å². The Bertz CT molecular complexity index is 1040. The number of rotatable bonds is 6. The molecule has 0 N–H and O–H groups in total. The van der Waals surface area contributed by atoms with Crippen LogP contribution in [0.4, 0.5) is 0 Å². The number of amidine groups is 1. The number of carbonyl (C=O) groups is 2. The number of benzene rings is 1. The zero-order valence-electron chi connectivity index (χ0n) is 19.1. The number of aliphatic imine (C=N–C) groups is 1. The molecule has 0 unspecified atom stereocenters. The number of ether oxygens (including phenoxy) is 4. The number of amides is 1. The monoisotopic (exact) mass is 473 g/mol. The molecule has 0 spiro atoms. The number of carbonyl (C=O) groups excluding carboxylic acids is 2. The lowest BCUT2D eigenvalue weighted by atomic mass is 9.93. The molecule has 1 saturated heterocycles. The van der Waals surface area contributed by atoms with Crippen LogP contribution in [0.1, 0.15) is 24.9 Å². The van der Waals surface area contributed by atoms with E-state index < -0.39 is 12.0 Å². The molecule has 176 valence electrons. The molecular weight excluding hydrogens is 446 g/mol. The zero-order valence-corrected chi connectivity index (χ0v) is 19.9. The average molecular weight is 474 g/mol. The predicted molar refractivity (Wildman–Crippen MR) is 124 cm³/mol. The summed E-state index contributed by atoms with van der Waals surface area (Å²) >= 11 is 1.43. The summed E-state index contributed by atoms with van der Waals surface area (Å²) in [6.07, 6.45) is 0.189. The Morgan fingerprint density at radius 1 is 1.18 bits per heavy atom. The maximum Gasteiger partial charge on any atom is 0.338 e. The van der Waals surface area contributed by atoms with Gasteiger partial charge in [0.1, 0.15) is 11.5 Å². The molecule has 33 heavy (non-hydrogen) atoms. The second kappa shape index (κ2) is 9.88. The van der Waals surface area contributed by atoms with Crippen molar-refractivity contribution < 1.29 is 28.5 Å². The van der Waals surface area contributed by atoms with Crippen molar-refractivity contribution >= 4 is 28.8 Å².